The predicted molar refractivity (Wildman–Crippen MR) is 71.7 cm³/mol. The minimum absolute atomic E-state index is 0.147. The van der Waals surface area contributed by atoms with Crippen LogP contribution < -0.4 is 11.0 Å². The number of carboxylic acids is 1. The first kappa shape index (κ1) is 13.5. The van der Waals surface area contributed by atoms with Crippen LogP contribution in [0.3, 0.4) is 0 Å². The summed E-state index contributed by atoms with van der Waals surface area (Å²) in [5.74, 6) is -1.04. The zero-order valence-corrected chi connectivity index (χ0v) is 11.3. The molecule has 2 aromatic heterocycles. The quantitative estimate of drug-likeness (QED) is 0.783. The number of carbonyl (C=O) groups is 1. The van der Waals surface area contributed by atoms with Crippen LogP contribution in [0, 0.1) is 6.92 Å². The zero-order valence-electron chi connectivity index (χ0n) is 10.5. The molecule has 102 valence electrons. The Morgan fingerprint density at radius 3 is 3.00 bits per heavy atom. The van der Waals surface area contributed by atoms with Gasteiger partial charge in [-0.15, -0.1) is 11.3 Å². The third kappa shape index (κ3) is 2.45. The predicted octanol–water partition coefficient (Wildman–Crippen LogP) is 0.655. The van der Waals surface area contributed by atoms with Gasteiger partial charge in [-0.05, 0) is 12.5 Å². The summed E-state index contributed by atoms with van der Waals surface area (Å²) in [6.45, 7) is 2.52. The second-order valence-corrected chi connectivity index (χ2v) is 4.86. The van der Waals surface area contributed by atoms with E-state index in [2.05, 4.69) is 10.4 Å². The molecular weight excluding hydrogens is 270 g/mol. The van der Waals surface area contributed by atoms with Crippen molar-refractivity contribution in [2.24, 2.45) is 0 Å². The fraction of sp³-hybridized carbons (Fsp3) is 0.364. The van der Waals surface area contributed by atoms with E-state index in [1.165, 1.54) is 11.0 Å². The molecule has 2 rings (SSSR count). The molecule has 0 amide bonds. The van der Waals surface area contributed by atoms with Crippen molar-refractivity contribution in [1.82, 2.24) is 9.66 Å². The molecule has 7 nitrogen and oxygen atoms in total. The molecule has 0 aromatic carbocycles. The third-order valence-electron chi connectivity index (χ3n) is 2.63. The van der Waals surface area contributed by atoms with Gasteiger partial charge < -0.3 is 15.3 Å². The number of nitrogens with zero attached hydrogens (tertiary/aromatic N) is 2. The molecule has 0 aliphatic heterocycles. The molecule has 0 aliphatic carbocycles. The normalized spacial score (nSPS) is 10.8. The SMILES string of the molecule is COCCNn1cnc2sc(C(=O)O)c(C)c2c1=O. The average molecular weight is 283 g/mol. The Bertz CT molecular complexity index is 676. The Kier molecular flexibility index (Phi) is 3.82. The molecule has 0 unspecified atom stereocenters. The van der Waals surface area contributed by atoms with Gasteiger partial charge in [-0.1, -0.05) is 0 Å². The summed E-state index contributed by atoms with van der Waals surface area (Å²) in [4.78, 5) is 27.9. The number of nitrogens with one attached hydrogen (secondary N) is 1. The zero-order chi connectivity index (χ0) is 14.0. The van der Waals surface area contributed by atoms with E-state index in [-0.39, 0.29) is 10.4 Å². The maximum atomic E-state index is 12.2. The highest BCUT2D eigenvalue weighted by Gasteiger charge is 2.18. The molecule has 0 saturated carbocycles. The Morgan fingerprint density at radius 2 is 2.37 bits per heavy atom. The first-order chi connectivity index (χ1) is 9.06. The van der Waals surface area contributed by atoms with Crippen LogP contribution in [0.15, 0.2) is 11.1 Å². The number of aromatic carboxylic acids is 1. The van der Waals surface area contributed by atoms with Gasteiger partial charge in [-0.25, -0.2) is 14.5 Å². The van der Waals surface area contributed by atoms with Crippen LogP contribution in [0.4, 0.5) is 0 Å². The third-order valence-corrected chi connectivity index (χ3v) is 3.82. The number of aryl methyl sites for hydroxylation is 1. The van der Waals surface area contributed by atoms with Gasteiger partial charge in [0.2, 0.25) is 0 Å². The topological polar surface area (TPSA) is 93.4 Å². The Hall–Kier alpha value is -1.93. The van der Waals surface area contributed by atoms with E-state index in [1.54, 1.807) is 14.0 Å². The fourth-order valence-corrected chi connectivity index (χ4v) is 2.69. The van der Waals surface area contributed by atoms with Crippen LogP contribution in [-0.2, 0) is 4.74 Å². The molecule has 0 fully saturated rings. The van der Waals surface area contributed by atoms with Crippen molar-refractivity contribution in [3.8, 4) is 0 Å². The summed E-state index contributed by atoms with van der Waals surface area (Å²) in [5, 5.41) is 9.38. The molecule has 2 aromatic rings. The van der Waals surface area contributed by atoms with E-state index in [0.29, 0.717) is 28.9 Å². The Balaban J connectivity index is 2.49. The number of carboxylic acid groups (broad SMARTS) is 1. The fourth-order valence-electron chi connectivity index (χ4n) is 1.71. The molecule has 0 saturated heterocycles. The minimum Gasteiger partial charge on any atom is -0.477 e. The number of rotatable bonds is 5. The molecule has 0 aliphatic rings. The van der Waals surface area contributed by atoms with Crippen LogP contribution in [0.2, 0.25) is 0 Å². The number of ether oxygens (including phenoxy) is 1. The number of hydrogen-bond acceptors (Lipinski definition) is 6. The standard InChI is InChI=1S/C11H13N3O4S/c1-6-7-9(19-8(6)11(16)17)12-5-14(10(7)15)13-3-4-18-2/h5,13H,3-4H2,1-2H3,(H,16,17). The lowest BCUT2D eigenvalue weighted by Gasteiger charge is -2.07. The van der Waals surface area contributed by atoms with E-state index in [1.807, 2.05) is 0 Å². The van der Waals surface area contributed by atoms with Crippen LogP contribution in [0.25, 0.3) is 10.2 Å². The second kappa shape index (κ2) is 5.37. The van der Waals surface area contributed by atoms with Crippen molar-refractivity contribution < 1.29 is 14.6 Å². The summed E-state index contributed by atoms with van der Waals surface area (Å²) in [6.07, 6.45) is 1.35. The summed E-state index contributed by atoms with van der Waals surface area (Å²) < 4.78 is 6.12. The van der Waals surface area contributed by atoms with E-state index in [9.17, 15) is 9.59 Å². The van der Waals surface area contributed by atoms with Crippen LogP contribution in [-0.4, -0.2) is 41.0 Å². The van der Waals surface area contributed by atoms with Gasteiger partial charge in [0.1, 0.15) is 16.0 Å². The molecule has 0 bridgehead atoms. The van der Waals surface area contributed by atoms with Gasteiger partial charge in [-0.2, -0.15) is 0 Å². The highest BCUT2D eigenvalue weighted by atomic mass is 32.1. The molecule has 19 heavy (non-hydrogen) atoms. The first-order valence-electron chi connectivity index (χ1n) is 5.53. The average Bonchev–Trinajstić information content (AvgIpc) is 2.71. The molecule has 2 N–H and O–H groups in total. The number of thiophene rings is 1. The summed E-state index contributed by atoms with van der Waals surface area (Å²) >= 11 is 1.01. The van der Waals surface area contributed by atoms with Gasteiger partial charge in [0.15, 0.2) is 0 Å². The molecular formula is C11H13N3O4S. The van der Waals surface area contributed by atoms with Crippen LogP contribution in [0.1, 0.15) is 15.2 Å². The van der Waals surface area contributed by atoms with Gasteiger partial charge in [0.05, 0.1) is 18.5 Å². The molecule has 0 radical (unpaired) electrons. The van der Waals surface area contributed by atoms with E-state index in [4.69, 9.17) is 9.84 Å². The maximum Gasteiger partial charge on any atom is 0.346 e. The Morgan fingerprint density at radius 1 is 1.63 bits per heavy atom. The number of hydrogen-bond donors (Lipinski definition) is 2. The number of fused-ring (bicyclic) bond motifs is 1. The van der Waals surface area contributed by atoms with Crippen LogP contribution in [0.5, 0.6) is 0 Å². The Labute approximate surface area is 112 Å². The van der Waals surface area contributed by atoms with Crippen molar-refractivity contribution >= 4 is 27.5 Å². The number of aromatic nitrogens is 2. The molecule has 0 spiro atoms. The van der Waals surface area contributed by atoms with Crippen molar-refractivity contribution in [2.75, 3.05) is 25.7 Å². The molecule has 8 heteroatoms. The molecule has 0 atom stereocenters. The maximum absolute atomic E-state index is 12.2. The lowest BCUT2D eigenvalue weighted by Crippen LogP contribution is -2.31. The smallest absolute Gasteiger partial charge is 0.346 e. The van der Waals surface area contributed by atoms with E-state index < -0.39 is 5.97 Å². The molecule has 2 heterocycles. The monoisotopic (exact) mass is 283 g/mol. The first-order valence-corrected chi connectivity index (χ1v) is 6.34. The van der Waals surface area contributed by atoms with Crippen molar-refractivity contribution in [3.05, 3.63) is 27.1 Å². The highest BCUT2D eigenvalue weighted by Crippen LogP contribution is 2.26. The lowest BCUT2D eigenvalue weighted by atomic mass is 10.2. The largest absolute Gasteiger partial charge is 0.477 e. The van der Waals surface area contributed by atoms with E-state index >= 15 is 0 Å². The van der Waals surface area contributed by atoms with E-state index in [0.717, 1.165) is 11.3 Å². The minimum atomic E-state index is -1.04. The van der Waals surface area contributed by atoms with Gasteiger partial charge in [-0.3, -0.25) is 4.79 Å². The van der Waals surface area contributed by atoms with Gasteiger partial charge >= 0.3 is 5.97 Å². The van der Waals surface area contributed by atoms with Crippen LogP contribution >= 0.6 is 11.3 Å². The van der Waals surface area contributed by atoms with Crippen molar-refractivity contribution in [2.45, 2.75) is 6.92 Å². The second-order valence-electron chi connectivity index (χ2n) is 3.86. The number of methoxy groups -OCH3 is 1. The summed E-state index contributed by atoms with van der Waals surface area (Å²) in [6, 6.07) is 0. The summed E-state index contributed by atoms with van der Waals surface area (Å²) in [5.41, 5.74) is 2.99. The lowest BCUT2D eigenvalue weighted by molar-refractivity contribution is 0.0701. The van der Waals surface area contributed by atoms with Crippen molar-refractivity contribution in [1.29, 1.82) is 0 Å². The summed E-state index contributed by atoms with van der Waals surface area (Å²) in [7, 11) is 1.56. The van der Waals surface area contributed by atoms with Crippen molar-refractivity contribution in [3.63, 3.8) is 0 Å². The van der Waals surface area contributed by atoms with Gasteiger partial charge in [0.25, 0.3) is 5.56 Å². The van der Waals surface area contributed by atoms with Gasteiger partial charge in [0, 0.05) is 7.11 Å². The highest BCUT2D eigenvalue weighted by molar-refractivity contribution is 7.20.